The third-order valence-electron chi connectivity index (χ3n) is 3.32. The smallest absolute Gasteiger partial charge is 0.180 e. The van der Waals surface area contributed by atoms with Crippen LogP contribution in [0, 0.1) is 0 Å². The molecule has 1 atom stereocenters. The summed E-state index contributed by atoms with van der Waals surface area (Å²) in [6.45, 7) is 4.04. The van der Waals surface area contributed by atoms with Crippen molar-refractivity contribution in [3.05, 3.63) is 52.0 Å². The van der Waals surface area contributed by atoms with Gasteiger partial charge in [0.05, 0.1) is 23.9 Å². The first-order valence-corrected chi connectivity index (χ1v) is 8.13. The second-order valence-electron chi connectivity index (χ2n) is 5.11. The monoisotopic (exact) mass is 351 g/mol. The average Bonchev–Trinajstić information content (AvgIpc) is 2.54. The van der Waals surface area contributed by atoms with Gasteiger partial charge >= 0.3 is 0 Å². The molecule has 0 bridgehead atoms. The lowest BCUT2D eigenvalue weighted by Gasteiger charge is -2.17. The molecule has 2 rings (SSSR count). The molecule has 0 radical (unpaired) electrons. The largest absolute Gasteiger partial charge is 0.493 e. The van der Waals surface area contributed by atoms with Crippen molar-refractivity contribution in [2.45, 2.75) is 26.4 Å². The molecular formula is C18H19Cl2NO2. The Kier molecular flexibility index (Phi) is 6.31. The number of benzene rings is 2. The molecular weight excluding hydrogens is 333 g/mol. The van der Waals surface area contributed by atoms with Crippen LogP contribution in [0.15, 0.2) is 41.4 Å². The van der Waals surface area contributed by atoms with Crippen LogP contribution in [0.25, 0.3) is 0 Å². The molecule has 5 heteroatoms. The van der Waals surface area contributed by atoms with Crippen LogP contribution in [0.4, 0.5) is 5.69 Å². The molecule has 0 aliphatic heterocycles. The highest BCUT2D eigenvalue weighted by Gasteiger charge is 2.13. The van der Waals surface area contributed by atoms with Gasteiger partial charge in [0.15, 0.2) is 11.5 Å². The SMILES string of the molecule is CC[C@@H](C)Oc1c(Cl)cc(C=Nc2cccc(Cl)c2)cc1OC. The summed E-state index contributed by atoms with van der Waals surface area (Å²) >= 11 is 12.3. The third-order valence-corrected chi connectivity index (χ3v) is 3.83. The predicted octanol–water partition coefficient (Wildman–Crippen LogP) is 5.93. The molecule has 0 aliphatic rings. The minimum Gasteiger partial charge on any atom is -0.493 e. The Balaban J connectivity index is 2.28. The fraction of sp³-hybridized carbons (Fsp3) is 0.278. The van der Waals surface area contributed by atoms with Gasteiger partial charge in [0.1, 0.15) is 0 Å². The van der Waals surface area contributed by atoms with Crippen molar-refractivity contribution in [2.75, 3.05) is 7.11 Å². The Labute approximate surface area is 146 Å². The molecule has 0 aromatic heterocycles. The minimum atomic E-state index is 0.0624. The number of hydrogen-bond donors (Lipinski definition) is 0. The summed E-state index contributed by atoms with van der Waals surface area (Å²) in [5, 5.41) is 1.14. The lowest BCUT2D eigenvalue weighted by Crippen LogP contribution is -2.11. The molecule has 0 spiro atoms. The topological polar surface area (TPSA) is 30.8 Å². The maximum atomic E-state index is 6.33. The van der Waals surface area contributed by atoms with Crippen molar-refractivity contribution in [1.29, 1.82) is 0 Å². The zero-order valence-corrected chi connectivity index (χ0v) is 14.9. The van der Waals surface area contributed by atoms with Crippen molar-refractivity contribution < 1.29 is 9.47 Å². The van der Waals surface area contributed by atoms with Gasteiger partial charge in [-0.1, -0.05) is 36.2 Å². The number of rotatable bonds is 6. The van der Waals surface area contributed by atoms with Gasteiger partial charge in [-0.2, -0.15) is 0 Å². The van der Waals surface area contributed by atoms with E-state index in [1.54, 1.807) is 25.5 Å². The Morgan fingerprint density at radius 1 is 1.22 bits per heavy atom. The summed E-state index contributed by atoms with van der Waals surface area (Å²) in [7, 11) is 1.59. The fourth-order valence-electron chi connectivity index (χ4n) is 1.92. The maximum Gasteiger partial charge on any atom is 0.180 e. The van der Waals surface area contributed by atoms with Gasteiger partial charge in [0, 0.05) is 11.2 Å². The number of halogens is 2. The van der Waals surface area contributed by atoms with E-state index in [0.717, 1.165) is 17.7 Å². The number of ether oxygens (including phenoxy) is 2. The van der Waals surface area contributed by atoms with Crippen molar-refractivity contribution in [3.63, 3.8) is 0 Å². The quantitative estimate of drug-likeness (QED) is 0.603. The highest BCUT2D eigenvalue weighted by atomic mass is 35.5. The summed E-state index contributed by atoms with van der Waals surface area (Å²) in [6, 6.07) is 11.0. The van der Waals surface area contributed by atoms with Gasteiger partial charge in [-0.3, -0.25) is 4.99 Å². The second-order valence-corrected chi connectivity index (χ2v) is 5.95. The Morgan fingerprint density at radius 3 is 2.65 bits per heavy atom. The summed E-state index contributed by atoms with van der Waals surface area (Å²) in [4.78, 5) is 4.40. The second kappa shape index (κ2) is 8.23. The van der Waals surface area contributed by atoms with Crippen molar-refractivity contribution in [2.24, 2.45) is 4.99 Å². The van der Waals surface area contributed by atoms with E-state index in [9.17, 15) is 0 Å². The van der Waals surface area contributed by atoms with Crippen molar-refractivity contribution in [1.82, 2.24) is 0 Å². The standard InChI is InChI=1S/C18H19Cl2NO2/c1-4-12(2)23-18-16(20)8-13(9-17(18)22-3)11-21-15-7-5-6-14(19)10-15/h5-12H,4H2,1-3H3/t12-/m1/s1. The van der Waals surface area contributed by atoms with Crippen LogP contribution in [0.3, 0.4) is 0 Å². The number of nitrogens with zero attached hydrogens (tertiary/aromatic N) is 1. The first kappa shape index (κ1) is 17.6. The van der Waals surface area contributed by atoms with Crippen LogP contribution in [-0.4, -0.2) is 19.4 Å². The normalized spacial score (nSPS) is 12.4. The summed E-state index contributed by atoms with van der Waals surface area (Å²) in [5.74, 6) is 1.15. The highest BCUT2D eigenvalue weighted by molar-refractivity contribution is 6.32. The van der Waals surface area contributed by atoms with Gasteiger partial charge in [-0.15, -0.1) is 0 Å². The van der Waals surface area contributed by atoms with Crippen LogP contribution >= 0.6 is 23.2 Å². The van der Waals surface area contributed by atoms with Crippen molar-refractivity contribution in [3.8, 4) is 11.5 Å². The number of methoxy groups -OCH3 is 1. The van der Waals surface area contributed by atoms with E-state index in [4.69, 9.17) is 32.7 Å². The highest BCUT2D eigenvalue weighted by Crippen LogP contribution is 2.37. The molecule has 0 fully saturated rings. The van der Waals surface area contributed by atoms with Crippen LogP contribution < -0.4 is 9.47 Å². The molecule has 0 saturated heterocycles. The van der Waals surface area contributed by atoms with E-state index in [2.05, 4.69) is 11.9 Å². The lowest BCUT2D eigenvalue weighted by molar-refractivity contribution is 0.208. The molecule has 2 aromatic rings. The van der Waals surface area contributed by atoms with Crippen LogP contribution in [0.1, 0.15) is 25.8 Å². The Morgan fingerprint density at radius 2 is 2.00 bits per heavy atom. The summed E-state index contributed by atoms with van der Waals surface area (Å²) in [5.41, 5.74) is 1.59. The molecule has 122 valence electrons. The maximum absolute atomic E-state index is 6.33. The van der Waals surface area contributed by atoms with E-state index < -0.39 is 0 Å². The van der Waals surface area contributed by atoms with Gasteiger partial charge in [0.2, 0.25) is 0 Å². The lowest BCUT2D eigenvalue weighted by atomic mass is 10.2. The van der Waals surface area contributed by atoms with E-state index >= 15 is 0 Å². The van der Waals surface area contributed by atoms with Gasteiger partial charge in [0.25, 0.3) is 0 Å². The molecule has 23 heavy (non-hydrogen) atoms. The average molecular weight is 352 g/mol. The summed E-state index contributed by atoms with van der Waals surface area (Å²) in [6.07, 6.45) is 2.66. The van der Waals surface area contributed by atoms with E-state index in [1.807, 2.05) is 31.2 Å². The molecule has 0 amide bonds. The fourth-order valence-corrected chi connectivity index (χ4v) is 2.37. The Bertz CT molecular complexity index is 701. The van der Waals surface area contributed by atoms with Gasteiger partial charge in [-0.05, 0) is 49.2 Å². The van der Waals surface area contributed by atoms with Gasteiger partial charge in [-0.25, -0.2) is 0 Å². The van der Waals surface area contributed by atoms with Crippen LogP contribution in [0.5, 0.6) is 11.5 Å². The molecule has 0 saturated carbocycles. The molecule has 0 unspecified atom stereocenters. The van der Waals surface area contributed by atoms with Crippen LogP contribution in [0.2, 0.25) is 10.0 Å². The van der Waals surface area contributed by atoms with Crippen molar-refractivity contribution >= 4 is 35.1 Å². The zero-order valence-electron chi connectivity index (χ0n) is 13.3. The van der Waals surface area contributed by atoms with Crippen LogP contribution in [-0.2, 0) is 0 Å². The Hall–Kier alpha value is -1.71. The zero-order chi connectivity index (χ0) is 16.8. The molecule has 0 aliphatic carbocycles. The number of hydrogen-bond acceptors (Lipinski definition) is 3. The van der Waals surface area contributed by atoms with E-state index in [0.29, 0.717) is 21.5 Å². The first-order chi connectivity index (χ1) is 11.0. The number of aliphatic imine (C=N–C) groups is 1. The minimum absolute atomic E-state index is 0.0624. The molecule has 2 aromatic carbocycles. The predicted molar refractivity (Wildman–Crippen MR) is 97.1 cm³/mol. The molecule has 0 N–H and O–H groups in total. The van der Waals surface area contributed by atoms with E-state index in [-0.39, 0.29) is 6.10 Å². The van der Waals surface area contributed by atoms with Gasteiger partial charge < -0.3 is 9.47 Å². The third kappa shape index (κ3) is 4.88. The van der Waals surface area contributed by atoms with E-state index in [1.165, 1.54) is 0 Å². The molecule has 3 nitrogen and oxygen atoms in total. The summed E-state index contributed by atoms with van der Waals surface area (Å²) < 4.78 is 11.2. The first-order valence-electron chi connectivity index (χ1n) is 7.37. The molecule has 0 heterocycles.